The summed E-state index contributed by atoms with van der Waals surface area (Å²) < 4.78 is 10.9. The predicted molar refractivity (Wildman–Crippen MR) is 140 cm³/mol. The molecule has 1 N–H and O–H groups in total. The van der Waals surface area contributed by atoms with Gasteiger partial charge in [-0.2, -0.15) is 0 Å². The van der Waals surface area contributed by atoms with Crippen molar-refractivity contribution >= 4 is 11.8 Å². The van der Waals surface area contributed by atoms with Crippen LogP contribution >= 0.6 is 0 Å². The third-order valence-corrected chi connectivity index (χ3v) is 6.03. The van der Waals surface area contributed by atoms with E-state index in [1.165, 1.54) is 0 Å². The zero-order valence-electron chi connectivity index (χ0n) is 21.2. The normalized spacial score (nSPS) is 13.2. The second kappa shape index (κ2) is 11.3. The number of hydrogen-bond donors (Lipinski definition) is 1. The molecule has 0 fully saturated rings. The van der Waals surface area contributed by atoms with Crippen molar-refractivity contribution in [2.45, 2.75) is 58.2 Å². The lowest BCUT2D eigenvalue weighted by Crippen LogP contribution is -2.54. The van der Waals surface area contributed by atoms with E-state index in [1.54, 1.807) is 4.90 Å². The average Bonchev–Trinajstić information content (AvgIpc) is 3.33. The van der Waals surface area contributed by atoms with E-state index in [2.05, 4.69) is 5.32 Å². The van der Waals surface area contributed by atoms with Gasteiger partial charge in [0.1, 0.15) is 6.04 Å². The highest BCUT2D eigenvalue weighted by Crippen LogP contribution is 2.33. The number of amides is 2. The summed E-state index contributed by atoms with van der Waals surface area (Å²) in [5, 5.41) is 3.10. The molecule has 1 unspecified atom stereocenters. The van der Waals surface area contributed by atoms with Gasteiger partial charge in [0.25, 0.3) is 0 Å². The number of aryl methyl sites for hydroxylation is 1. The molecule has 3 aromatic carbocycles. The van der Waals surface area contributed by atoms with Crippen LogP contribution in [0, 0.1) is 0 Å². The lowest BCUT2D eigenvalue weighted by atomic mass is 9.99. The van der Waals surface area contributed by atoms with E-state index in [4.69, 9.17) is 9.47 Å². The second-order valence-electron chi connectivity index (χ2n) is 10.1. The fourth-order valence-corrected chi connectivity index (χ4v) is 4.28. The van der Waals surface area contributed by atoms with Gasteiger partial charge in [-0.05, 0) is 56.0 Å². The van der Waals surface area contributed by atoms with Crippen LogP contribution in [-0.2, 0) is 29.0 Å². The van der Waals surface area contributed by atoms with E-state index in [1.807, 2.05) is 99.6 Å². The van der Waals surface area contributed by atoms with Gasteiger partial charge in [0, 0.05) is 24.9 Å². The second-order valence-corrected chi connectivity index (χ2v) is 10.1. The number of ether oxygens (including phenoxy) is 2. The highest BCUT2D eigenvalue weighted by atomic mass is 16.7. The van der Waals surface area contributed by atoms with Crippen LogP contribution in [-0.4, -0.2) is 35.1 Å². The maximum atomic E-state index is 13.7. The number of carbonyl (C=O) groups excluding carboxylic acids is 2. The van der Waals surface area contributed by atoms with Crippen molar-refractivity contribution in [2.75, 3.05) is 6.79 Å². The van der Waals surface area contributed by atoms with Crippen LogP contribution in [0.15, 0.2) is 78.9 Å². The molecular formula is C30H34N2O4. The summed E-state index contributed by atoms with van der Waals surface area (Å²) >= 11 is 0. The van der Waals surface area contributed by atoms with Gasteiger partial charge in [0.05, 0.1) is 0 Å². The van der Waals surface area contributed by atoms with Crippen molar-refractivity contribution < 1.29 is 19.1 Å². The summed E-state index contributed by atoms with van der Waals surface area (Å²) in [7, 11) is 0. The molecule has 188 valence electrons. The molecule has 0 aliphatic carbocycles. The SMILES string of the molecule is CC(C)(C)NC(=O)C(Cc1ccccc1)N(Cc1ccccc1)C(=O)CCc1ccc2c(c1)OCO2. The maximum Gasteiger partial charge on any atom is 0.243 e. The average molecular weight is 487 g/mol. The molecule has 1 aliphatic rings. The fourth-order valence-electron chi connectivity index (χ4n) is 4.28. The number of carbonyl (C=O) groups is 2. The summed E-state index contributed by atoms with van der Waals surface area (Å²) in [6.07, 6.45) is 1.26. The minimum atomic E-state index is -0.643. The molecule has 2 amide bonds. The lowest BCUT2D eigenvalue weighted by Gasteiger charge is -2.34. The standard InChI is InChI=1S/C30H34N2O4/c1-30(2,3)31-29(34)25(18-22-10-6-4-7-11-22)32(20-24-12-8-5-9-13-24)28(33)17-15-23-14-16-26-27(19-23)36-21-35-26/h4-14,16,19,25H,15,17-18,20-21H2,1-3H3,(H,31,34). The molecular weight excluding hydrogens is 452 g/mol. The summed E-state index contributed by atoms with van der Waals surface area (Å²) in [6.45, 7) is 6.43. The minimum Gasteiger partial charge on any atom is -0.454 e. The first kappa shape index (κ1) is 25.3. The maximum absolute atomic E-state index is 13.7. The Labute approximate surface area is 213 Å². The minimum absolute atomic E-state index is 0.0680. The summed E-state index contributed by atoms with van der Waals surface area (Å²) in [5.74, 6) is 1.20. The highest BCUT2D eigenvalue weighted by Gasteiger charge is 2.32. The summed E-state index contributed by atoms with van der Waals surface area (Å²) in [5.41, 5.74) is 2.56. The van der Waals surface area contributed by atoms with Crippen LogP contribution in [0.5, 0.6) is 11.5 Å². The van der Waals surface area contributed by atoms with Gasteiger partial charge in [-0.1, -0.05) is 66.7 Å². The number of nitrogens with zero attached hydrogens (tertiary/aromatic N) is 1. The molecule has 6 heteroatoms. The van der Waals surface area contributed by atoms with Crippen LogP contribution in [0.25, 0.3) is 0 Å². The zero-order valence-corrected chi connectivity index (χ0v) is 21.2. The number of benzene rings is 3. The van der Waals surface area contributed by atoms with Gasteiger partial charge in [0.15, 0.2) is 11.5 Å². The molecule has 4 rings (SSSR count). The van der Waals surface area contributed by atoms with E-state index in [-0.39, 0.29) is 25.0 Å². The van der Waals surface area contributed by atoms with Crippen molar-refractivity contribution in [3.8, 4) is 11.5 Å². The Kier molecular flexibility index (Phi) is 7.93. The Bertz CT molecular complexity index is 1170. The monoisotopic (exact) mass is 486 g/mol. The Hall–Kier alpha value is -3.80. The van der Waals surface area contributed by atoms with Gasteiger partial charge in [0.2, 0.25) is 18.6 Å². The topological polar surface area (TPSA) is 67.9 Å². The van der Waals surface area contributed by atoms with Crippen LogP contribution in [0.4, 0.5) is 0 Å². The van der Waals surface area contributed by atoms with Gasteiger partial charge in [-0.25, -0.2) is 0 Å². The van der Waals surface area contributed by atoms with Crippen LogP contribution in [0.1, 0.15) is 43.9 Å². The molecule has 1 heterocycles. The van der Waals surface area contributed by atoms with E-state index < -0.39 is 11.6 Å². The summed E-state index contributed by atoms with van der Waals surface area (Å²) in [4.78, 5) is 29.0. The molecule has 1 atom stereocenters. The van der Waals surface area contributed by atoms with Crippen LogP contribution < -0.4 is 14.8 Å². The molecule has 1 aliphatic heterocycles. The van der Waals surface area contributed by atoms with Crippen molar-refractivity contribution in [1.82, 2.24) is 10.2 Å². The molecule has 0 bridgehead atoms. The van der Waals surface area contributed by atoms with Gasteiger partial charge in [-0.15, -0.1) is 0 Å². The Morgan fingerprint density at radius 2 is 1.50 bits per heavy atom. The first-order chi connectivity index (χ1) is 17.3. The molecule has 36 heavy (non-hydrogen) atoms. The molecule has 0 radical (unpaired) electrons. The molecule has 0 saturated carbocycles. The third-order valence-electron chi connectivity index (χ3n) is 6.03. The molecule has 6 nitrogen and oxygen atoms in total. The molecule has 0 aromatic heterocycles. The molecule has 0 saturated heterocycles. The number of hydrogen-bond acceptors (Lipinski definition) is 4. The van der Waals surface area contributed by atoms with Crippen LogP contribution in [0.3, 0.4) is 0 Å². The highest BCUT2D eigenvalue weighted by molar-refractivity contribution is 5.88. The van der Waals surface area contributed by atoms with E-state index in [0.717, 1.165) is 22.4 Å². The quantitative estimate of drug-likeness (QED) is 0.467. The smallest absolute Gasteiger partial charge is 0.243 e. The van der Waals surface area contributed by atoms with Gasteiger partial charge >= 0.3 is 0 Å². The fraction of sp³-hybridized carbons (Fsp3) is 0.333. The first-order valence-corrected chi connectivity index (χ1v) is 12.4. The lowest BCUT2D eigenvalue weighted by molar-refractivity contribution is -0.141. The molecule has 0 spiro atoms. The van der Waals surface area contributed by atoms with E-state index in [0.29, 0.717) is 25.1 Å². The Balaban J connectivity index is 1.59. The number of nitrogens with one attached hydrogen (secondary N) is 1. The number of fused-ring (bicyclic) bond motifs is 1. The number of rotatable bonds is 9. The Morgan fingerprint density at radius 1 is 0.861 bits per heavy atom. The third kappa shape index (κ3) is 6.87. The largest absolute Gasteiger partial charge is 0.454 e. The summed E-state index contributed by atoms with van der Waals surface area (Å²) in [6, 6.07) is 24.8. The predicted octanol–water partition coefficient (Wildman–Crippen LogP) is 4.90. The van der Waals surface area contributed by atoms with Crippen molar-refractivity contribution in [3.63, 3.8) is 0 Å². The van der Waals surface area contributed by atoms with Gasteiger partial charge < -0.3 is 19.7 Å². The first-order valence-electron chi connectivity index (χ1n) is 12.4. The zero-order chi connectivity index (χ0) is 25.5. The Morgan fingerprint density at radius 3 is 2.17 bits per heavy atom. The van der Waals surface area contributed by atoms with E-state index in [9.17, 15) is 9.59 Å². The van der Waals surface area contributed by atoms with Crippen molar-refractivity contribution in [1.29, 1.82) is 0 Å². The van der Waals surface area contributed by atoms with Crippen molar-refractivity contribution in [2.24, 2.45) is 0 Å². The van der Waals surface area contributed by atoms with E-state index >= 15 is 0 Å². The van der Waals surface area contributed by atoms with Crippen LogP contribution in [0.2, 0.25) is 0 Å². The molecule has 3 aromatic rings. The van der Waals surface area contributed by atoms with Crippen molar-refractivity contribution in [3.05, 3.63) is 95.6 Å². The van der Waals surface area contributed by atoms with Gasteiger partial charge in [-0.3, -0.25) is 9.59 Å².